The minimum atomic E-state index is -0.530. The van der Waals surface area contributed by atoms with Crippen molar-refractivity contribution in [2.75, 3.05) is 6.61 Å². The lowest BCUT2D eigenvalue weighted by Crippen LogP contribution is -2.42. The van der Waals surface area contributed by atoms with Crippen LogP contribution in [0.15, 0.2) is 21.9 Å². The number of aromatic nitrogens is 2. The Morgan fingerprint density at radius 3 is 2.74 bits per heavy atom. The van der Waals surface area contributed by atoms with Crippen molar-refractivity contribution in [3.8, 4) is 0 Å². The van der Waals surface area contributed by atoms with E-state index in [1.165, 1.54) is 23.9 Å². The predicted molar refractivity (Wildman–Crippen MR) is 69.9 cm³/mol. The third-order valence-electron chi connectivity index (χ3n) is 2.91. The first-order valence-corrected chi connectivity index (χ1v) is 6.16. The van der Waals surface area contributed by atoms with Crippen LogP contribution in [0.25, 0.3) is 0 Å². The van der Waals surface area contributed by atoms with Gasteiger partial charge in [-0.1, -0.05) is 6.92 Å². The van der Waals surface area contributed by atoms with Crippen LogP contribution in [0.2, 0.25) is 0 Å². The average molecular weight is 269 g/mol. The molecule has 1 atom stereocenters. The number of nitrogens with one attached hydrogen (secondary N) is 1. The summed E-state index contributed by atoms with van der Waals surface area (Å²) in [5.74, 6) is -0.318. The molecule has 0 aliphatic carbocycles. The molecule has 0 aliphatic rings. The van der Waals surface area contributed by atoms with Crippen molar-refractivity contribution in [2.45, 2.75) is 32.4 Å². The van der Waals surface area contributed by atoms with Crippen LogP contribution >= 0.6 is 0 Å². The van der Waals surface area contributed by atoms with E-state index in [1.54, 1.807) is 0 Å². The van der Waals surface area contributed by atoms with Gasteiger partial charge in [0, 0.05) is 32.0 Å². The molecule has 1 aromatic heterocycles. The van der Waals surface area contributed by atoms with Gasteiger partial charge in [0.2, 0.25) is 5.91 Å². The lowest BCUT2D eigenvalue weighted by molar-refractivity contribution is -0.122. The maximum absolute atomic E-state index is 11.8. The first-order chi connectivity index (χ1) is 8.99. The first-order valence-electron chi connectivity index (χ1n) is 6.16. The van der Waals surface area contributed by atoms with Gasteiger partial charge >= 0.3 is 5.69 Å². The number of hydrogen-bond donors (Lipinski definition) is 2. The molecule has 1 amide bonds. The van der Waals surface area contributed by atoms with Crippen molar-refractivity contribution in [3.63, 3.8) is 0 Å². The number of aliphatic hydroxyl groups excluding tert-OH is 1. The molecule has 0 fully saturated rings. The molecule has 106 valence electrons. The molecule has 1 unspecified atom stereocenters. The van der Waals surface area contributed by atoms with Gasteiger partial charge in [-0.05, 0) is 12.8 Å². The van der Waals surface area contributed by atoms with Gasteiger partial charge < -0.3 is 10.4 Å². The molecule has 0 radical (unpaired) electrons. The van der Waals surface area contributed by atoms with E-state index in [1.807, 2.05) is 6.92 Å². The topological polar surface area (TPSA) is 93.3 Å². The second-order valence-electron chi connectivity index (χ2n) is 4.31. The van der Waals surface area contributed by atoms with Gasteiger partial charge in [0.15, 0.2) is 0 Å². The second-order valence-corrected chi connectivity index (χ2v) is 4.31. The molecule has 0 saturated heterocycles. The van der Waals surface area contributed by atoms with Crippen molar-refractivity contribution in [3.05, 3.63) is 33.1 Å². The summed E-state index contributed by atoms with van der Waals surface area (Å²) in [6.45, 7) is 1.76. The van der Waals surface area contributed by atoms with Gasteiger partial charge in [-0.25, -0.2) is 4.79 Å². The minimum absolute atomic E-state index is 0.00141. The van der Waals surface area contributed by atoms with E-state index in [0.29, 0.717) is 12.8 Å². The van der Waals surface area contributed by atoms with Crippen LogP contribution in [0.4, 0.5) is 0 Å². The highest BCUT2D eigenvalue weighted by atomic mass is 16.3. The summed E-state index contributed by atoms with van der Waals surface area (Å²) in [5.41, 5.74) is -0.939. The quantitative estimate of drug-likeness (QED) is 0.680. The standard InChI is InChI=1S/C12H19N3O4/c1-3-9(5-7-16)13-10(17)8-15-6-4-11(18)14(2)12(15)19/h4,6,9,16H,3,5,7-8H2,1-2H3,(H,13,17). The van der Waals surface area contributed by atoms with E-state index >= 15 is 0 Å². The summed E-state index contributed by atoms with van der Waals surface area (Å²) in [4.78, 5) is 34.7. The highest BCUT2D eigenvalue weighted by Crippen LogP contribution is 1.96. The Bertz CT molecular complexity index is 547. The maximum atomic E-state index is 11.8. The Balaban J connectivity index is 2.75. The van der Waals surface area contributed by atoms with Crippen molar-refractivity contribution in [1.82, 2.24) is 14.5 Å². The Kier molecular flexibility index (Phi) is 5.50. The largest absolute Gasteiger partial charge is 0.396 e. The third kappa shape index (κ3) is 4.06. The number of carbonyl (C=O) groups excluding carboxylic acids is 1. The molecule has 0 aliphatic heterocycles. The van der Waals surface area contributed by atoms with E-state index in [4.69, 9.17) is 5.11 Å². The zero-order valence-corrected chi connectivity index (χ0v) is 11.1. The summed E-state index contributed by atoms with van der Waals surface area (Å²) in [7, 11) is 1.36. The Morgan fingerprint density at radius 1 is 1.47 bits per heavy atom. The number of rotatable bonds is 6. The monoisotopic (exact) mass is 269 g/mol. The van der Waals surface area contributed by atoms with Crippen molar-refractivity contribution in [1.29, 1.82) is 0 Å². The lowest BCUT2D eigenvalue weighted by atomic mass is 10.1. The fourth-order valence-electron chi connectivity index (χ4n) is 1.70. The fraction of sp³-hybridized carbons (Fsp3) is 0.583. The van der Waals surface area contributed by atoms with E-state index < -0.39 is 11.2 Å². The predicted octanol–water partition coefficient (Wildman–Crippen LogP) is -1.18. The summed E-state index contributed by atoms with van der Waals surface area (Å²) >= 11 is 0. The van der Waals surface area contributed by atoms with Crippen LogP contribution in [-0.2, 0) is 18.4 Å². The van der Waals surface area contributed by atoms with Crippen molar-refractivity contribution >= 4 is 5.91 Å². The van der Waals surface area contributed by atoms with Crippen LogP contribution in [0.3, 0.4) is 0 Å². The zero-order chi connectivity index (χ0) is 14.4. The molecule has 1 aromatic rings. The van der Waals surface area contributed by atoms with Crippen molar-refractivity contribution in [2.24, 2.45) is 7.05 Å². The van der Waals surface area contributed by atoms with Gasteiger partial charge in [0.25, 0.3) is 5.56 Å². The van der Waals surface area contributed by atoms with Gasteiger partial charge in [-0.15, -0.1) is 0 Å². The van der Waals surface area contributed by atoms with Gasteiger partial charge in [-0.2, -0.15) is 0 Å². The average Bonchev–Trinajstić information content (AvgIpc) is 2.39. The second kappa shape index (κ2) is 6.89. The smallest absolute Gasteiger partial charge is 0.331 e. The van der Waals surface area contributed by atoms with Crippen LogP contribution in [0.5, 0.6) is 0 Å². The van der Waals surface area contributed by atoms with E-state index in [2.05, 4.69) is 5.32 Å². The summed E-state index contributed by atoms with van der Waals surface area (Å²) in [6, 6.07) is 1.13. The third-order valence-corrected chi connectivity index (χ3v) is 2.91. The van der Waals surface area contributed by atoms with Crippen LogP contribution in [-0.4, -0.2) is 32.8 Å². The van der Waals surface area contributed by atoms with Crippen molar-refractivity contribution < 1.29 is 9.90 Å². The van der Waals surface area contributed by atoms with E-state index in [9.17, 15) is 14.4 Å². The SMILES string of the molecule is CCC(CCO)NC(=O)Cn1ccc(=O)n(C)c1=O. The lowest BCUT2D eigenvalue weighted by Gasteiger charge is -2.16. The fourth-order valence-corrected chi connectivity index (χ4v) is 1.70. The normalized spacial score (nSPS) is 12.2. The Labute approximate surface area is 110 Å². The highest BCUT2D eigenvalue weighted by Gasteiger charge is 2.11. The molecular weight excluding hydrogens is 250 g/mol. The summed E-state index contributed by atoms with van der Waals surface area (Å²) in [6.07, 6.45) is 2.48. The van der Waals surface area contributed by atoms with Gasteiger partial charge in [-0.3, -0.25) is 18.7 Å². The number of hydrogen-bond acceptors (Lipinski definition) is 4. The molecule has 1 heterocycles. The number of carbonyl (C=O) groups is 1. The molecular formula is C12H19N3O4. The highest BCUT2D eigenvalue weighted by molar-refractivity contribution is 5.76. The molecule has 0 bridgehead atoms. The van der Waals surface area contributed by atoms with Crippen LogP contribution in [0.1, 0.15) is 19.8 Å². The Hall–Kier alpha value is -1.89. The summed E-state index contributed by atoms with van der Waals surface area (Å²) in [5, 5.41) is 11.6. The minimum Gasteiger partial charge on any atom is -0.396 e. The number of aliphatic hydroxyl groups is 1. The molecule has 2 N–H and O–H groups in total. The molecule has 1 rings (SSSR count). The van der Waals surface area contributed by atoms with E-state index in [-0.39, 0.29) is 25.1 Å². The Morgan fingerprint density at radius 2 is 2.16 bits per heavy atom. The number of nitrogens with zero attached hydrogens (tertiary/aromatic N) is 2. The van der Waals surface area contributed by atoms with Crippen LogP contribution < -0.4 is 16.6 Å². The molecule has 0 saturated carbocycles. The number of amides is 1. The first kappa shape index (κ1) is 15.2. The molecule has 19 heavy (non-hydrogen) atoms. The van der Waals surface area contributed by atoms with Gasteiger partial charge in [0.05, 0.1) is 0 Å². The van der Waals surface area contributed by atoms with E-state index in [0.717, 1.165) is 4.57 Å². The molecule has 0 spiro atoms. The van der Waals surface area contributed by atoms with Crippen LogP contribution in [0, 0.1) is 0 Å². The molecule has 0 aromatic carbocycles. The maximum Gasteiger partial charge on any atom is 0.331 e. The summed E-state index contributed by atoms with van der Waals surface area (Å²) < 4.78 is 2.11. The molecule has 7 nitrogen and oxygen atoms in total. The molecule has 7 heteroatoms. The zero-order valence-electron chi connectivity index (χ0n) is 11.1. The van der Waals surface area contributed by atoms with Gasteiger partial charge in [0.1, 0.15) is 6.54 Å².